The molecule has 0 aliphatic heterocycles. The van der Waals surface area contributed by atoms with E-state index in [1.165, 1.54) is 22.5 Å². The van der Waals surface area contributed by atoms with E-state index in [2.05, 4.69) is 71.3 Å². The second kappa shape index (κ2) is 18.6. The predicted octanol–water partition coefficient (Wildman–Crippen LogP) is 6.35. The van der Waals surface area contributed by atoms with Crippen molar-refractivity contribution in [2.75, 3.05) is 12.8 Å². The highest BCUT2D eigenvalue weighted by Gasteiger charge is 2.45. The van der Waals surface area contributed by atoms with Crippen molar-refractivity contribution in [1.29, 1.82) is 0 Å². The number of benzene rings is 2. The molecule has 0 radical (unpaired) electrons. The average molecular weight is 641 g/mol. The van der Waals surface area contributed by atoms with Crippen molar-refractivity contribution in [3.8, 4) is 11.8 Å². The third kappa shape index (κ3) is 11.8. The first-order valence-electron chi connectivity index (χ1n) is 13.4. The molecule has 1 aromatic heterocycles. The van der Waals surface area contributed by atoms with Gasteiger partial charge in [-0.3, -0.25) is 9.59 Å². The first-order valence-corrected chi connectivity index (χ1v) is 16.1. The maximum atomic E-state index is 8.81. The molecule has 1 unspecified atom stereocenters. The van der Waals surface area contributed by atoms with Crippen LogP contribution in [0.2, 0.25) is 5.02 Å². The molecule has 10 heteroatoms. The second-order valence-electron chi connectivity index (χ2n) is 9.39. The minimum Gasteiger partial charge on any atom is -0.366 e. The summed E-state index contributed by atoms with van der Waals surface area (Å²) in [6.45, 7) is 9.06. The van der Waals surface area contributed by atoms with Crippen LogP contribution in [0.5, 0.6) is 0 Å². The van der Waals surface area contributed by atoms with E-state index in [4.69, 9.17) is 39.1 Å². The zero-order chi connectivity index (χ0) is 31.0. The normalized spacial score (nSPS) is 13.0. The van der Waals surface area contributed by atoms with Gasteiger partial charge in [-0.1, -0.05) is 67.5 Å². The molecule has 222 valence electrons. The Labute approximate surface area is 267 Å². The zero-order valence-electron chi connectivity index (χ0n) is 24.1. The van der Waals surface area contributed by atoms with Crippen molar-refractivity contribution in [2.24, 2.45) is 5.73 Å². The van der Waals surface area contributed by atoms with Crippen LogP contribution in [0.15, 0.2) is 60.6 Å². The van der Waals surface area contributed by atoms with Gasteiger partial charge in [-0.2, -0.15) is 0 Å². The van der Waals surface area contributed by atoms with Crippen molar-refractivity contribution in [2.45, 2.75) is 51.2 Å². The molecule has 1 aliphatic rings. The van der Waals surface area contributed by atoms with E-state index in [-0.39, 0.29) is 24.2 Å². The summed E-state index contributed by atoms with van der Waals surface area (Å²) in [6.07, 6.45) is 5.35. The Morgan fingerprint density at radius 2 is 2.00 bits per heavy atom. The molecular formula is C32H37ClN4O2S3. The SMILES string of the molecule is C=C(SCCC)c1cc(Cl)cc(C2(NC(=S)c3ccccc3CNC)CC2)c1.CC(N)C#Cc1nccs1.O=CC=O. The fourth-order valence-corrected chi connectivity index (χ4v) is 5.63. The number of thioether (sulfide) groups is 1. The Hall–Kier alpha value is -2.84. The van der Waals surface area contributed by atoms with Crippen LogP contribution in [0, 0.1) is 11.8 Å². The smallest absolute Gasteiger partial charge is 0.182 e. The average Bonchev–Trinajstić information content (AvgIpc) is 3.57. The number of nitrogens with one attached hydrogen (secondary N) is 2. The lowest BCUT2D eigenvalue weighted by molar-refractivity contribution is -0.122. The molecule has 0 spiro atoms. The van der Waals surface area contributed by atoms with Crippen LogP contribution in [0.1, 0.15) is 60.4 Å². The molecular weight excluding hydrogens is 604 g/mol. The summed E-state index contributed by atoms with van der Waals surface area (Å²) in [6, 6.07) is 14.5. The molecule has 0 saturated heterocycles. The quantitative estimate of drug-likeness (QED) is 0.102. The van der Waals surface area contributed by atoms with Gasteiger partial charge in [0.25, 0.3) is 0 Å². The number of hydrogen-bond acceptors (Lipinski definition) is 8. The van der Waals surface area contributed by atoms with E-state index >= 15 is 0 Å². The van der Waals surface area contributed by atoms with Crippen molar-refractivity contribution in [1.82, 2.24) is 15.6 Å². The highest BCUT2D eigenvalue weighted by molar-refractivity contribution is 8.08. The number of thiazole rings is 1. The molecule has 3 aromatic rings. The molecule has 1 heterocycles. The Kier molecular flexibility index (Phi) is 15.7. The number of thiocarbonyl (C=S) groups is 1. The first kappa shape index (κ1) is 35.4. The number of nitrogens with two attached hydrogens (primary N) is 1. The van der Waals surface area contributed by atoms with Crippen LogP contribution in [-0.4, -0.2) is 41.4 Å². The third-order valence-corrected chi connectivity index (χ3v) is 8.30. The van der Waals surface area contributed by atoms with Crippen molar-refractivity contribution >= 4 is 69.4 Å². The Bertz CT molecular complexity index is 1390. The Balaban J connectivity index is 0.000000363. The number of aldehydes is 2. The highest BCUT2D eigenvalue weighted by Crippen LogP contribution is 2.47. The first-order chi connectivity index (χ1) is 20.2. The van der Waals surface area contributed by atoms with Crippen LogP contribution in [-0.2, 0) is 21.7 Å². The van der Waals surface area contributed by atoms with E-state index in [0.29, 0.717) is 0 Å². The van der Waals surface area contributed by atoms with Crippen LogP contribution in [0.25, 0.3) is 4.91 Å². The summed E-state index contributed by atoms with van der Waals surface area (Å²) in [5.74, 6) is 6.75. The maximum Gasteiger partial charge on any atom is 0.182 e. The third-order valence-electron chi connectivity index (χ3n) is 5.88. The molecule has 4 N–H and O–H groups in total. The molecule has 6 nitrogen and oxygen atoms in total. The van der Waals surface area contributed by atoms with Gasteiger partial charge in [-0.05, 0) is 79.8 Å². The molecule has 1 aliphatic carbocycles. The highest BCUT2D eigenvalue weighted by atomic mass is 35.5. The summed E-state index contributed by atoms with van der Waals surface area (Å²) >= 11 is 15.6. The van der Waals surface area contributed by atoms with Gasteiger partial charge in [0.1, 0.15) is 4.99 Å². The topological polar surface area (TPSA) is 97.1 Å². The summed E-state index contributed by atoms with van der Waals surface area (Å²) in [5, 5.41) is 10.3. The Morgan fingerprint density at radius 3 is 2.57 bits per heavy atom. The van der Waals surface area contributed by atoms with Gasteiger partial charge in [-0.25, -0.2) is 4.98 Å². The number of carbonyl (C=O) groups excluding carboxylic acids is 2. The molecule has 0 amide bonds. The molecule has 0 bridgehead atoms. The Morgan fingerprint density at radius 1 is 1.29 bits per heavy atom. The van der Waals surface area contributed by atoms with Crippen LogP contribution < -0.4 is 16.4 Å². The summed E-state index contributed by atoms with van der Waals surface area (Å²) in [5.41, 5.74) is 9.88. The van der Waals surface area contributed by atoms with E-state index in [1.807, 2.05) is 31.5 Å². The molecule has 4 rings (SSSR count). The lowest BCUT2D eigenvalue weighted by Crippen LogP contribution is -2.35. The van der Waals surface area contributed by atoms with Crippen molar-refractivity contribution < 1.29 is 9.59 Å². The van der Waals surface area contributed by atoms with E-state index in [9.17, 15) is 0 Å². The number of hydrogen-bond donors (Lipinski definition) is 3. The largest absolute Gasteiger partial charge is 0.366 e. The molecule has 1 saturated carbocycles. The zero-order valence-corrected chi connectivity index (χ0v) is 27.3. The minimum absolute atomic E-state index is 0.0658. The number of halogens is 1. The lowest BCUT2D eigenvalue weighted by Gasteiger charge is -2.22. The fraction of sp³-hybridized carbons (Fsp3) is 0.312. The minimum atomic E-state index is -0.126. The lowest BCUT2D eigenvalue weighted by atomic mass is 10.0. The van der Waals surface area contributed by atoms with Gasteiger partial charge in [0.05, 0.1) is 11.6 Å². The van der Waals surface area contributed by atoms with E-state index in [1.54, 1.807) is 18.0 Å². The van der Waals surface area contributed by atoms with Gasteiger partial charge in [-0.15, -0.1) is 23.1 Å². The summed E-state index contributed by atoms with van der Waals surface area (Å²) < 4.78 is 0. The number of rotatable bonds is 10. The monoisotopic (exact) mass is 640 g/mol. The molecule has 1 atom stereocenters. The van der Waals surface area contributed by atoms with Crippen LogP contribution in [0.4, 0.5) is 0 Å². The van der Waals surface area contributed by atoms with Gasteiger partial charge in [0, 0.05) is 33.6 Å². The standard InChI is InChI=1S/C23H27ClN2S2.C7H8N2S.C2H2O2/c1-4-11-28-16(2)18-12-19(14-20(24)13-18)23(9-10-23)26-22(27)21-8-6-5-7-17(21)15-25-3;1-6(8)2-3-7-9-4-5-10-7;3-1-2-4/h5-8,12-14,25H,2,4,9-11,15H2,1,3H3,(H,26,27);4-6H,8H2,1H3;1-2H. The number of carbonyl (C=O) groups is 2. The molecule has 1 fully saturated rings. The van der Waals surface area contributed by atoms with Crippen LogP contribution in [0.3, 0.4) is 0 Å². The van der Waals surface area contributed by atoms with Gasteiger partial charge < -0.3 is 16.4 Å². The maximum absolute atomic E-state index is 8.81. The summed E-state index contributed by atoms with van der Waals surface area (Å²) in [4.78, 5) is 23.5. The van der Waals surface area contributed by atoms with Crippen LogP contribution >= 0.6 is 46.9 Å². The summed E-state index contributed by atoms with van der Waals surface area (Å²) in [7, 11) is 1.95. The molecule has 2 aromatic carbocycles. The van der Waals surface area contributed by atoms with Gasteiger partial charge in [0.2, 0.25) is 0 Å². The van der Waals surface area contributed by atoms with Crippen molar-refractivity contribution in [3.05, 3.63) is 92.9 Å². The second-order valence-corrected chi connectivity index (χ2v) is 12.3. The predicted molar refractivity (Wildman–Crippen MR) is 183 cm³/mol. The molecule has 42 heavy (non-hydrogen) atoms. The van der Waals surface area contributed by atoms with E-state index in [0.717, 1.165) is 62.6 Å². The van der Waals surface area contributed by atoms with Gasteiger partial charge in [0.15, 0.2) is 17.6 Å². The van der Waals surface area contributed by atoms with E-state index < -0.39 is 0 Å². The number of nitrogens with zero attached hydrogens (tertiary/aromatic N) is 1. The van der Waals surface area contributed by atoms with Gasteiger partial charge >= 0.3 is 0 Å². The van der Waals surface area contributed by atoms with Crippen molar-refractivity contribution in [3.63, 3.8) is 0 Å². The fourth-order valence-electron chi connectivity index (χ4n) is 3.78. The number of aromatic nitrogens is 1.